The Morgan fingerprint density at radius 2 is 1.96 bits per heavy atom. The van der Waals surface area contributed by atoms with Crippen LogP contribution in [-0.2, 0) is 0 Å². The first kappa shape index (κ1) is 16.7. The molecule has 1 N–H and O–H groups in total. The van der Waals surface area contributed by atoms with Gasteiger partial charge in [-0.15, -0.1) is 0 Å². The summed E-state index contributed by atoms with van der Waals surface area (Å²) in [6.45, 7) is 0.683. The van der Waals surface area contributed by atoms with Gasteiger partial charge in [0.15, 0.2) is 0 Å². The second-order valence-corrected chi connectivity index (χ2v) is 7.08. The number of likely N-dealkylation sites (tertiary alicyclic amines) is 1. The van der Waals surface area contributed by atoms with E-state index >= 15 is 0 Å². The Bertz CT molecular complexity index is 1150. The zero-order valence-electron chi connectivity index (χ0n) is 15.2. The number of nitrogens with zero attached hydrogens (tertiary/aromatic N) is 3. The van der Waals surface area contributed by atoms with Crippen molar-refractivity contribution < 1.29 is 9.18 Å². The molecule has 1 atom stereocenters. The molecule has 1 aliphatic rings. The average molecular weight is 374 g/mol. The number of aromatic amines is 1. The number of imidazole rings is 1. The van der Waals surface area contributed by atoms with Crippen molar-refractivity contribution in [3.63, 3.8) is 0 Å². The van der Waals surface area contributed by atoms with E-state index in [0.29, 0.717) is 29.0 Å². The Hall–Kier alpha value is -3.41. The van der Waals surface area contributed by atoms with E-state index in [1.807, 2.05) is 58.3 Å². The molecule has 0 aliphatic carbocycles. The van der Waals surface area contributed by atoms with Gasteiger partial charge in [0.25, 0.3) is 5.91 Å². The molecule has 0 saturated carbocycles. The summed E-state index contributed by atoms with van der Waals surface area (Å²) in [6, 6.07) is 15.9. The Balaban J connectivity index is 1.46. The molecule has 1 saturated heterocycles. The number of benzene rings is 2. The van der Waals surface area contributed by atoms with Crippen molar-refractivity contribution in [3.8, 4) is 5.69 Å². The lowest BCUT2D eigenvalue weighted by Gasteiger charge is -2.23. The highest BCUT2D eigenvalue weighted by atomic mass is 19.1. The standard InChI is InChI=1S/C22H19FN4O/c23-16-8-9-18-19(14-16)25-21(24-18)20-7-4-12-27(20)22(28)15-5-3-6-17(13-15)26-10-1-2-11-26/h1-3,5-6,8-11,13-14,20H,4,7,12H2,(H,24,25). The Morgan fingerprint density at radius 1 is 1.11 bits per heavy atom. The summed E-state index contributed by atoms with van der Waals surface area (Å²) < 4.78 is 15.5. The summed E-state index contributed by atoms with van der Waals surface area (Å²) in [6.07, 6.45) is 5.66. The smallest absolute Gasteiger partial charge is 0.254 e. The molecule has 5 rings (SSSR count). The van der Waals surface area contributed by atoms with Crippen LogP contribution in [0.1, 0.15) is 35.1 Å². The average Bonchev–Trinajstić information content (AvgIpc) is 3.46. The minimum atomic E-state index is -0.302. The molecule has 2 aromatic heterocycles. The molecule has 1 amide bonds. The number of hydrogen-bond donors (Lipinski definition) is 1. The minimum Gasteiger partial charge on any atom is -0.340 e. The number of halogens is 1. The Labute approximate surface area is 161 Å². The number of aromatic nitrogens is 3. The van der Waals surface area contributed by atoms with Crippen molar-refractivity contribution in [2.45, 2.75) is 18.9 Å². The summed E-state index contributed by atoms with van der Waals surface area (Å²) in [5.74, 6) is 0.403. The fourth-order valence-electron chi connectivity index (χ4n) is 3.93. The maximum atomic E-state index is 13.5. The molecule has 5 nitrogen and oxygen atoms in total. The van der Waals surface area contributed by atoms with Crippen LogP contribution in [0.2, 0.25) is 0 Å². The van der Waals surface area contributed by atoms with Gasteiger partial charge in [-0.1, -0.05) is 6.07 Å². The van der Waals surface area contributed by atoms with Crippen molar-refractivity contribution in [1.29, 1.82) is 0 Å². The molecule has 0 radical (unpaired) electrons. The van der Waals surface area contributed by atoms with E-state index in [-0.39, 0.29) is 17.8 Å². The summed E-state index contributed by atoms with van der Waals surface area (Å²) >= 11 is 0. The maximum absolute atomic E-state index is 13.5. The quantitative estimate of drug-likeness (QED) is 0.575. The van der Waals surface area contributed by atoms with Gasteiger partial charge in [-0.05, 0) is 61.4 Å². The second kappa shape index (κ2) is 6.64. The number of fused-ring (bicyclic) bond motifs is 1. The highest BCUT2D eigenvalue weighted by molar-refractivity contribution is 5.95. The summed E-state index contributed by atoms with van der Waals surface area (Å²) in [4.78, 5) is 22.9. The number of carbonyl (C=O) groups excluding carboxylic acids is 1. The zero-order valence-corrected chi connectivity index (χ0v) is 15.2. The molecule has 0 bridgehead atoms. The fourth-order valence-corrected chi connectivity index (χ4v) is 3.93. The van der Waals surface area contributed by atoms with Crippen LogP contribution in [0.25, 0.3) is 16.7 Å². The normalized spacial score (nSPS) is 16.8. The molecule has 2 aromatic carbocycles. The Morgan fingerprint density at radius 3 is 2.82 bits per heavy atom. The van der Waals surface area contributed by atoms with E-state index in [2.05, 4.69) is 9.97 Å². The summed E-state index contributed by atoms with van der Waals surface area (Å²) in [5, 5.41) is 0. The van der Waals surface area contributed by atoms with Gasteiger partial charge in [-0.25, -0.2) is 9.37 Å². The zero-order chi connectivity index (χ0) is 19.1. The molecular formula is C22H19FN4O. The molecular weight excluding hydrogens is 355 g/mol. The predicted octanol–water partition coefficient (Wildman–Crippen LogP) is 4.47. The number of carbonyl (C=O) groups is 1. The SMILES string of the molecule is O=C(c1cccc(-n2cccc2)c1)N1CCCC1c1nc2ccc(F)cc2[nH]1. The number of rotatable bonds is 3. The van der Waals surface area contributed by atoms with Crippen molar-refractivity contribution >= 4 is 16.9 Å². The fraction of sp³-hybridized carbons (Fsp3) is 0.182. The first-order valence-corrected chi connectivity index (χ1v) is 9.38. The van der Waals surface area contributed by atoms with E-state index in [9.17, 15) is 9.18 Å². The maximum Gasteiger partial charge on any atom is 0.254 e. The molecule has 0 spiro atoms. The van der Waals surface area contributed by atoms with E-state index in [0.717, 1.165) is 18.5 Å². The molecule has 1 unspecified atom stereocenters. The van der Waals surface area contributed by atoms with Crippen LogP contribution in [0.15, 0.2) is 67.0 Å². The molecule has 28 heavy (non-hydrogen) atoms. The largest absolute Gasteiger partial charge is 0.340 e. The van der Waals surface area contributed by atoms with E-state index in [1.165, 1.54) is 12.1 Å². The van der Waals surface area contributed by atoms with Gasteiger partial charge in [0.2, 0.25) is 0 Å². The predicted molar refractivity (Wildman–Crippen MR) is 105 cm³/mol. The lowest BCUT2D eigenvalue weighted by molar-refractivity contribution is 0.0730. The van der Waals surface area contributed by atoms with Gasteiger partial charge in [-0.2, -0.15) is 0 Å². The van der Waals surface area contributed by atoms with Crippen molar-refractivity contribution in [2.24, 2.45) is 0 Å². The van der Waals surface area contributed by atoms with Crippen LogP contribution in [-0.4, -0.2) is 31.9 Å². The van der Waals surface area contributed by atoms with Gasteiger partial charge in [0.05, 0.1) is 17.1 Å². The summed E-state index contributed by atoms with van der Waals surface area (Å²) in [5.41, 5.74) is 2.97. The van der Waals surface area contributed by atoms with E-state index in [4.69, 9.17) is 0 Å². The minimum absolute atomic E-state index is 0.0110. The van der Waals surface area contributed by atoms with Crippen LogP contribution in [0.4, 0.5) is 4.39 Å². The van der Waals surface area contributed by atoms with E-state index < -0.39 is 0 Å². The van der Waals surface area contributed by atoms with Crippen LogP contribution < -0.4 is 0 Å². The molecule has 140 valence electrons. The van der Waals surface area contributed by atoms with Crippen LogP contribution in [0.5, 0.6) is 0 Å². The highest BCUT2D eigenvalue weighted by Crippen LogP contribution is 2.33. The molecule has 1 aliphatic heterocycles. The lowest BCUT2D eigenvalue weighted by atomic mass is 10.1. The molecule has 3 heterocycles. The van der Waals surface area contributed by atoms with Crippen molar-refractivity contribution in [2.75, 3.05) is 6.54 Å². The first-order chi connectivity index (χ1) is 13.7. The number of nitrogens with one attached hydrogen (secondary N) is 1. The molecule has 6 heteroatoms. The number of amides is 1. The van der Waals surface area contributed by atoms with Gasteiger partial charge >= 0.3 is 0 Å². The van der Waals surface area contributed by atoms with Gasteiger partial charge in [0.1, 0.15) is 11.6 Å². The number of hydrogen-bond acceptors (Lipinski definition) is 2. The second-order valence-electron chi connectivity index (χ2n) is 7.08. The van der Waals surface area contributed by atoms with Gasteiger partial charge in [-0.3, -0.25) is 4.79 Å². The van der Waals surface area contributed by atoms with Gasteiger partial charge < -0.3 is 14.5 Å². The van der Waals surface area contributed by atoms with Crippen molar-refractivity contribution in [3.05, 3.63) is 84.2 Å². The van der Waals surface area contributed by atoms with Crippen LogP contribution >= 0.6 is 0 Å². The monoisotopic (exact) mass is 374 g/mol. The first-order valence-electron chi connectivity index (χ1n) is 9.38. The van der Waals surface area contributed by atoms with Crippen LogP contribution in [0, 0.1) is 5.82 Å². The third kappa shape index (κ3) is 2.87. The molecule has 4 aromatic rings. The topological polar surface area (TPSA) is 53.9 Å². The summed E-state index contributed by atoms with van der Waals surface area (Å²) in [7, 11) is 0. The van der Waals surface area contributed by atoms with E-state index in [1.54, 1.807) is 6.07 Å². The Kier molecular flexibility index (Phi) is 3.97. The van der Waals surface area contributed by atoms with Gasteiger partial charge in [0, 0.05) is 30.2 Å². The highest BCUT2D eigenvalue weighted by Gasteiger charge is 2.32. The third-order valence-electron chi connectivity index (χ3n) is 5.29. The number of H-pyrrole nitrogens is 1. The van der Waals surface area contributed by atoms with Crippen LogP contribution in [0.3, 0.4) is 0 Å². The molecule has 1 fully saturated rings. The lowest BCUT2D eigenvalue weighted by Crippen LogP contribution is -2.31. The van der Waals surface area contributed by atoms with Crippen molar-refractivity contribution in [1.82, 2.24) is 19.4 Å². The third-order valence-corrected chi connectivity index (χ3v) is 5.29.